The lowest BCUT2D eigenvalue weighted by Gasteiger charge is -2.26. The first kappa shape index (κ1) is 12.1. The van der Waals surface area contributed by atoms with Crippen molar-refractivity contribution in [3.05, 3.63) is 35.9 Å². The van der Waals surface area contributed by atoms with Crippen LogP contribution in [-0.2, 0) is 0 Å². The largest absolute Gasteiger partial charge is 0.395 e. The van der Waals surface area contributed by atoms with Crippen molar-refractivity contribution < 1.29 is 5.11 Å². The Hall–Kier alpha value is -0.970. The first-order valence-corrected chi connectivity index (χ1v) is 5.23. The Labute approximate surface area is 95.5 Å². The first-order chi connectivity index (χ1) is 7.16. The molecule has 0 saturated carbocycles. The summed E-state index contributed by atoms with van der Waals surface area (Å²) in [6, 6.07) is 9.72. The van der Waals surface area contributed by atoms with Crippen molar-refractivity contribution in [2.24, 2.45) is 5.73 Å². The molecule has 0 amide bonds. The number of aliphatic hydroxyl groups is 1. The predicted octanol–water partition coefficient (Wildman–Crippen LogP) is 0.938. The molecule has 0 radical (unpaired) electrons. The average Bonchev–Trinajstić information content (AvgIpc) is 2.19. The summed E-state index contributed by atoms with van der Waals surface area (Å²) in [5.74, 6) is 0. The molecule has 0 saturated heterocycles. The molecule has 0 aliphatic rings. The normalized spacial score (nSPS) is 12.7. The summed E-state index contributed by atoms with van der Waals surface area (Å²) in [6.07, 6.45) is 0. The van der Waals surface area contributed by atoms with Crippen molar-refractivity contribution in [3.8, 4) is 0 Å². The van der Waals surface area contributed by atoms with Crippen LogP contribution in [0.4, 0.5) is 0 Å². The summed E-state index contributed by atoms with van der Waals surface area (Å²) in [7, 11) is 1.90. The van der Waals surface area contributed by atoms with Gasteiger partial charge in [-0.2, -0.15) is 0 Å². The van der Waals surface area contributed by atoms with Crippen LogP contribution in [0, 0.1) is 0 Å². The molecule has 3 nitrogen and oxygen atoms in total. The predicted molar refractivity (Wildman–Crippen MR) is 65.7 cm³/mol. The van der Waals surface area contributed by atoms with Gasteiger partial charge in [-0.25, -0.2) is 0 Å². The van der Waals surface area contributed by atoms with E-state index in [0.717, 1.165) is 5.56 Å². The highest BCUT2D eigenvalue weighted by Gasteiger charge is 2.18. The molecule has 1 atom stereocenters. The Balaban J connectivity index is 2.88. The number of nitrogens with zero attached hydrogens (tertiary/aromatic N) is 1. The summed E-state index contributed by atoms with van der Waals surface area (Å²) in [6.45, 7) is 0.652. The number of rotatable bonds is 5. The molecule has 82 valence electrons. The highest BCUT2D eigenvalue weighted by Crippen LogP contribution is 2.18. The second-order valence-corrected chi connectivity index (χ2v) is 3.89. The zero-order valence-electron chi connectivity index (χ0n) is 8.76. The smallest absolute Gasteiger partial charge is 0.0948 e. The lowest BCUT2D eigenvalue weighted by Crippen LogP contribution is -2.35. The van der Waals surface area contributed by atoms with Crippen LogP contribution in [0.1, 0.15) is 11.6 Å². The van der Waals surface area contributed by atoms with Crippen LogP contribution in [0.15, 0.2) is 30.3 Å². The van der Waals surface area contributed by atoms with Crippen LogP contribution in [0.25, 0.3) is 0 Å². The van der Waals surface area contributed by atoms with Gasteiger partial charge in [0.05, 0.1) is 17.6 Å². The van der Waals surface area contributed by atoms with E-state index in [1.54, 1.807) is 0 Å². The first-order valence-electron chi connectivity index (χ1n) is 4.82. The maximum Gasteiger partial charge on any atom is 0.0948 e. The summed E-state index contributed by atoms with van der Waals surface area (Å²) in [4.78, 5) is 2.37. The SMILES string of the molecule is CN(CCO)C(C(N)=S)c1ccccc1. The van der Waals surface area contributed by atoms with E-state index < -0.39 is 0 Å². The molecule has 1 rings (SSSR count). The van der Waals surface area contributed by atoms with E-state index in [-0.39, 0.29) is 12.6 Å². The average molecular weight is 224 g/mol. The van der Waals surface area contributed by atoms with Crippen molar-refractivity contribution in [1.82, 2.24) is 4.90 Å². The Kier molecular flexibility index (Phi) is 4.68. The van der Waals surface area contributed by atoms with Gasteiger partial charge in [0.15, 0.2) is 0 Å². The van der Waals surface area contributed by atoms with Gasteiger partial charge >= 0.3 is 0 Å². The molecule has 0 aliphatic heterocycles. The monoisotopic (exact) mass is 224 g/mol. The molecule has 0 fully saturated rings. The number of hydrogen-bond acceptors (Lipinski definition) is 3. The van der Waals surface area contributed by atoms with Gasteiger partial charge in [-0.3, -0.25) is 4.90 Å². The topological polar surface area (TPSA) is 49.5 Å². The summed E-state index contributed by atoms with van der Waals surface area (Å²) < 4.78 is 0. The van der Waals surface area contributed by atoms with E-state index in [9.17, 15) is 0 Å². The third-order valence-corrected chi connectivity index (χ3v) is 2.50. The lowest BCUT2D eigenvalue weighted by atomic mass is 10.1. The number of hydrogen-bond donors (Lipinski definition) is 2. The minimum Gasteiger partial charge on any atom is -0.395 e. The van der Waals surface area contributed by atoms with Gasteiger partial charge in [-0.15, -0.1) is 0 Å². The fraction of sp³-hybridized carbons (Fsp3) is 0.364. The molecule has 1 unspecified atom stereocenters. The van der Waals surface area contributed by atoms with Gasteiger partial charge in [0.25, 0.3) is 0 Å². The van der Waals surface area contributed by atoms with Gasteiger partial charge in [0.1, 0.15) is 0 Å². The van der Waals surface area contributed by atoms with Crippen molar-refractivity contribution in [2.75, 3.05) is 20.2 Å². The third kappa shape index (κ3) is 3.27. The van der Waals surface area contributed by atoms with E-state index in [1.807, 2.05) is 42.3 Å². The quantitative estimate of drug-likeness (QED) is 0.731. The van der Waals surface area contributed by atoms with Crippen molar-refractivity contribution in [1.29, 1.82) is 0 Å². The molecule has 4 heteroatoms. The van der Waals surface area contributed by atoms with Gasteiger partial charge < -0.3 is 10.8 Å². The maximum atomic E-state index is 8.89. The fourth-order valence-electron chi connectivity index (χ4n) is 1.56. The minimum absolute atomic E-state index is 0.0996. The van der Waals surface area contributed by atoms with Crippen LogP contribution in [0.5, 0.6) is 0 Å². The molecule has 1 aromatic rings. The minimum atomic E-state index is -0.103. The number of benzene rings is 1. The van der Waals surface area contributed by atoms with Crippen LogP contribution in [0.2, 0.25) is 0 Å². The Morgan fingerprint density at radius 1 is 1.47 bits per heavy atom. The molecule has 3 N–H and O–H groups in total. The number of likely N-dealkylation sites (N-methyl/N-ethyl adjacent to an activating group) is 1. The molecule has 0 heterocycles. The summed E-state index contributed by atoms with van der Waals surface area (Å²) in [5, 5.41) is 8.89. The zero-order valence-corrected chi connectivity index (χ0v) is 9.57. The van der Waals surface area contributed by atoms with Crippen molar-refractivity contribution >= 4 is 17.2 Å². The van der Waals surface area contributed by atoms with E-state index in [4.69, 9.17) is 23.1 Å². The van der Waals surface area contributed by atoms with Crippen LogP contribution < -0.4 is 5.73 Å². The standard InChI is InChI=1S/C11H16N2OS/c1-13(7-8-14)10(11(12)15)9-5-3-2-4-6-9/h2-6,10,14H,7-8H2,1H3,(H2,12,15). The van der Waals surface area contributed by atoms with Gasteiger partial charge in [0.2, 0.25) is 0 Å². The van der Waals surface area contributed by atoms with Gasteiger partial charge in [-0.1, -0.05) is 42.5 Å². The van der Waals surface area contributed by atoms with Crippen LogP contribution in [-0.4, -0.2) is 35.2 Å². The molecule has 1 aromatic carbocycles. The van der Waals surface area contributed by atoms with E-state index in [2.05, 4.69) is 0 Å². The summed E-state index contributed by atoms with van der Waals surface area (Å²) in [5.41, 5.74) is 6.76. The van der Waals surface area contributed by atoms with Gasteiger partial charge in [-0.05, 0) is 12.6 Å². The second kappa shape index (κ2) is 5.80. The highest BCUT2D eigenvalue weighted by molar-refractivity contribution is 7.80. The molecule has 0 spiro atoms. The lowest BCUT2D eigenvalue weighted by molar-refractivity contribution is 0.207. The van der Waals surface area contributed by atoms with E-state index in [1.165, 1.54) is 0 Å². The molecular formula is C11H16N2OS. The fourth-order valence-corrected chi connectivity index (χ4v) is 1.87. The van der Waals surface area contributed by atoms with Crippen molar-refractivity contribution in [2.45, 2.75) is 6.04 Å². The molecule has 15 heavy (non-hydrogen) atoms. The van der Waals surface area contributed by atoms with E-state index in [0.29, 0.717) is 11.5 Å². The highest BCUT2D eigenvalue weighted by atomic mass is 32.1. The van der Waals surface area contributed by atoms with Crippen LogP contribution >= 0.6 is 12.2 Å². The van der Waals surface area contributed by atoms with Gasteiger partial charge in [0, 0.05) is 6.54 Å². The molecule has 0 bridgehead atoms. The van der Waals surface area contributed by atoms with E-state index >= 15 is 0 Å². The van der Waals surface area contributed by atoms with Crippen LogP contribution in [0.3, 0.4) is 0 Å². The number of nitrogens with two attached hydrogens (primary N) is 1. The molecule has 0 aliphatic carbocycles. The maximum absolute atomic E-state index is 8.89. The molecule has 0 aromatic heterocycles. The molecular weight excluding hydrogens is 208 g/mol. The number of thiocarbonyl (C=S) groups is 1. The zero-order chi connectivity index (χ0) is 11.3. The summed E-state index contributed by atoms with van der Waals surface area (Å²) >= 11 is 5.04. The Morgan fingerprint density at radius 3 is 2.53 bits per heavy atom. The number of aliphatic hydroxyl groups excluding tert-OH is 1. The third-order valence-electron chi connectivity index (χ3n) is 2.28. The Bertz CT molecular complexity index is 316. The van der Waals surface area contributed by atoms with Crippen molar-refractivity contribution in [3.63, 3.8) is 0 Å². The second-order valence-electron chi connectivity index (χ2n) is 3.42. The Morgan fingerprint density at radius 2 is 2.07 bits per heavy atom.